The summed E-state index contributed by atoms with van der Waals surface area (Å²) >= 11 is 1.98. The summed E-state index contributed by atoms with van der Waals surface area (Å²) in [5.74, 6) is 2.32. The molecule has 1 heterocycles. The largest absolute Gasteiger partial charge is 0.327 e. The second kappa shape index (κ2) is 6.67. The second-order valence-corrected chi connectivity index (χ2v) is 5.35. The zero-order valence-corrected chi connectivity index (χ0v) is 10.2. The van der Waals surface area contributed by atoms with Crippen molar-refractivity contribution in [1.29, 1.82) is 0 Å². The van der Waals surface area contributed by atoms with E-state index in [1.165, 1.54) is 38.5 Å². The van der Waals surface area contributed by atoms with Gasteiger partial charge in [0.05, 0.1) is 0 Å². The second-order valence-electron chi connectivity index (χ2n) is 4.20. The van der Waals surface area contributed by atoms with E-state index in [-0.39, 0.29) is 0 Å². The molecule has 0 aromatic rings. The van der Waals surface area contributed by atoms with Crippen LogP contribution < -0.4 is 5.73 Å². The molecule has 1 atom stereocenters. The van der Waals surface area contributed by atoms with E-state index in [2.05, 4.69) is 23.8 Å². The molecular weight excluding hydrogens is 194 g/mol. The summed E-state index contributed by atoms with van der Waals surface area (Å²) in [6.45, 7) is 8.20. The van der Waals surface area contributed by atoms with E-state index in [4.69, 9.17) is 5.73 Å². The van der Waals surface area contributed by atoms with Crippen molar-refractivity contribution in [1.82, 2.24) is 9.80 Å². The molecule has 0 amide bonds. The zero-order chi connectivity index (χ0) is 10.4. The third-order valence-corrected chi connectivity index (χ3v) is 3.76. The minimum Gasteiger partial charge on any atom is -0.327 e. The van der Waals surface area contributed by atoms with Gasteiger partial charge in [0.25, 0.3) is 0 Å². The van der Waals surface area contributed by atoms with Crippen LogP contribution in [0.4, 0.5) is 0 Å². The average Bonchev–Trinajstić information content (AvgIpc) is 2.15. The van der Waals surface area contributed by atoms with Gasteiger partial charge in [-0.15, -0.1) is 0 Å². The number of hydrogen-bond donors (Lipinski definition) is 1. The Morgan fingerprint density at radius 2 is 1.93 bits per heavy atom. The number of likely N-dealkylation sites (N-methyl/N-ethyl adjacent to an activating group) is 1. The van der Waals surface area contributed by atoms with Crippen molar-refractivity contribution >= 4 is 11.8 Å². The van der Waals surface area contributed by atoms with E-state index in [9.17, 15) is 0 Å². The Balaban J connectivity index is 1.96. The summed E-state index contributed by atoms with van der Waals surface area (Å²) in [5, 5.41) is 0. The normalized spacial score (nSPS) is 22.5. The fraction of sp³-hybridized carbons (Fsp3) is 1.00. The summed E-state index contributed by atoms with van der Waals surface area (Å²) in [5.41, 5.74) is 5.69. The van der Waals surface area contributed by atoms with E-state index in [0.717, 1.165) is 5.75 Å². The molecule has 0 aromatic carbocycles. The van der Waals surface area contributed by atoms with Crippen molar-refractivity contribution in [3.8, 4) is 0 Å². The van der Waals surface area contributed by atoms with Crippen LogP contribution in [0.5, 0.6) is 0 Å². The summed E-state index contributed by atoms with van der Waals surface area (Å²) in [6.07, 6.45) is 0. The Morgan fingerprint density at radius 3 is 2.50 bits per heavy atom. The van der Waals surface area contributed by atoms with E-state index < -0.39 is 0 Å². The Bertz CT molecular complexity index is 144. The van der Waals surface area contributed by atoms with Gasteiger partial charge in [0, 0.05) is 50.3 Å². The van der Waals surface area contributed by atoms with Gasteiger partial charge in [-0.05, 0) is 14.0 Å². The molecule has 4 heteroatoms. The fourth-order valence-corrected chi connectivity index (χ4v) is 2.46. The van der Waals surface area contributed by atoms with Gasteiger partial charge in [-0.3, -0.25) is 4.90 Å². The standard InChI is InChI=1S/C10H23N3S/c1-10(11)9-14-8-7-13-5-3-12(2)4-6-13/h10H,3-9,11H2,1-2H3. The fourth-order valence-electron chi connectivity index (χ4n) is 1.53. The molecule has 1 unspecified atom stereocenters. The molecule has 2 N–H and O–H groups in total. The van der Waals surface area contributed by atoms with Crippen LogP contribution in [0.2, 0.25) is 0 Å². The molecule has 14 heavy (non-hydrogen) atoms. The number of rotatable bonds is 5. The van der Waals surface area contributed by atoms with Gasteiger partial charge in [0.2, 0.25) is 0 Å². The topological polar surface area (TPSA) is 32.5 Å². The molecule has 1 rings (SSSR count). The van der Waals surface area contributed by atoms with Crippen LogP contribution >= 0.6 is 11.8 Å². The van der Waals surface area contributed by atoms with Gasteiger partial charge in [0.15, 0.2) is 0 Å². The first-order valence-corrected chi connectivity index (χ1v) is 6.58. The number of nitrogens with zero attached hydrogens (tertiary/aromatic N) is 2. The third-order valence-electron chi connectivity index (χ3n) is 2.53. The lowest BCUT2D eigenvalue weighted by Gasteiger charge is -2.32. The maximum atomic E-state index is 5.69. The molecular formula is C10H23N3S. The number of piperazine rings is 1. The van der Waals surface area contributed by atoms with Crippen molar-refractivity contribution in [2.24, 2.45) is 5.73 Å². The molecule has 1 fully saturated rings. The number of thioether (sulfide) groups is 1. The molecule has 3 nitrogen and oxygen atoms in total. The van der Waals surface area contributed by atoms with Crippen LogP contribution in [0.15, 0.2) is 0 Å². The molecule has 1 saturated heterocycles. The van der Waals surface area contributed by atoms with Crippen LogP contribution in [0, 0.1) is 0 Å². The summed E-state index contributed by atoms with van der Waals surface area (Å²) < 4.78 is 0. The SMILES string of the molecule is CC(N)CSCCN1CCN(C)CC1. The molecule has 0 saturated carbocycles. The molecule has 0 aromatic heterocycles. The van der Waals surface area contributed by atoms with Gasteiger partial charge in [-0.25, -0.2) is 0 Å². The third kappa shape index (κ3) is 5.20. The van der Waals surface area contributed by atoms with E-state index in [1.807, 2.05) is 11.8 Å². The van der Waals surface area contributed by atoms with Gasteiger partial charge in [0.1, 0.15) is 0 Å². The molecule has 0 bridgehead atoms. The minimum absolute atomic E-state index is 0.340. The molecule has 0 aliphatic carbocycles. The zero-order valence-electron chi connectivity index (χ0n) is 9.41. The predicted octanol–water partition coefficient (Wildman–Crippen LogP) is 0.314. The van der Waals surface area contributed by atoms with Crippen LogP contribution in [-0.4, -0.2) is 67.1 Å². The van der Waals surface area contributed by atoms with Gasteiger partial charge in [-0.2, -0.15) is 11.8 Å². The van der Waals surface area contributed by atoms with Gasteiger partial charge < -0.3 is 10.6 Å². The minimum atomic E-state index is 0.340. The lowest BCUT2D eigenvalue weighted by Crippen LogP contribution is -2.45. The molecule has 1 aliphatic heterocycles. The summed E-state index contributed by atoms with van der Waals surface area (Å²) in [4.78, 5) is 4.94. The van der Waals surface area contributed by atoms with Crippen LogP contribution in [0.25, 0.3) is 0 Å². The van der Waals surface area contributed by atoms with E-state index in [0.29, 0.717) is 6.04 Å². The van der Waals surface area contributed by atoms with Gasteiger partial charge in [-0.1, -0.05) is 0 Å². The maximum Gasteiger partial charge on any atom is 0.0110 e. The summed E-state index contributed by atoms with van der Waals surface area (Å²) in [6, 6.07) is 0.340. The Morgan fingerprint density at radius 1 is 1.29 bits per heavy atom. The highest BCUT2D eigenvalue weighted by atomic mass is 32.2. The first-order valence-electron chi connectivity index (χ1n) is 5.42. The quantitative estimate of drug-likeness (QED) is 0.672. The summed E-state index contributed by atoms with van der Waals surface area (Å²) in [7, 11) is 2.20. The van der Waals surface area contributed by atoms with Crippen molar-refractivity contribution in [2.75, 3.05) is 51.3 Å². The monoisotopic (exact) mass is 217 g/mol. The van der Waals surface area contributed by atoms with E-state index >= 15 is 0 Å². The number of hydrogen-bond acceptors (Lipinski definition) is 4. The highest BCUT2D eigenvalue weighted by Crippen LogP contribution is 2.04. The average molecular weight is 217 g/mol. The highest BCUT2D eigenvalue weighted by Gasteiger charge is 2.12. The lowest BCUT2D eigenvalue weighted by molar-refractivity contribution is 0.161. The Hall–Kier alpha value is 0.230. The molecule has 0 spiro atoms. The van der Waals surface area contributed by atoms with Crippen molar-refractivity contribution < 1.29 is 0 Å². The van der Waals surface area contributed by atoms with Gasteiger partial charge >= 0.3 is 0 Å². The Labute approximate surface area is 92.0 Å². The highest BCUT2D eigenvalue weighted by molar-refractivity contribution is 7.99. The van der Waals surface area contributed by atoms with E-state index in [1.54, 1.807) is 0 Å². The Kier molecular flexibility index (Phi) is 5.86. The van der Waals surface area contributed by atoms with Crippen molar-refractivity contribution in [2.45, 2.75) is 13.0 Å². The molecule has 1 aliphatic rings. The molecule has 0 radical (unpaired) electrons. The molecule has 84 valence electrons. The lowest BCUT2D eigenvalue weighted by atomic mass is 10.3. The first kappa shape index (κ1) is 12.3. The first-order chi connectivity index (χ1) is 6.68. The van der Waals surface area contributed by atoms with Crippen molar-refractivity contribution in [3.05, 3.63) is 0 Å². The van der Waals surface area contributed by atoms with Crippen LogP contribution in [-0.2, 0) is 0 Å². The maximum absolute atomic E-state index is 5.69. The smallest absolute Gasteiger partial charge is 0.0110 e. The number of nitrogens with two attached hydrogens (primary N) is 1. The predicted molar refractivity (Wildman–Crippen MR) is 64.9 cm³/mol. The van der Waals surface area contributed by atoms with Crippen LogP contribution in [0.1, 0.15) is 6.92 Å². The van der Waals surface area contributed by atoms with Crippen molar-refractivity contribution in [3.63, 3.8) is 0 Å². The van der Waals surface area contributed by atoms with Crippen LogP contribution in [0.3, 0.4) is 0 Å².